The molecule has 0 unspecified atom stereocenters. The third-order valence-corrected chi connectivity index (χ3v) is 5.92. The van der Waals surface area contributed by atoms with Gasteiger partial charge in [-0.1, -0.05) is 25.3 Å². The van der Waals surface area contributed by atoms with Crippen LogP contribution in [0.5, 0.6) is 0 Å². The summed E-state index contributed by atoms with van der Waals surface area (Å²) in [6, 6.07) is 6.27. The average Bonchev–Trinajstić information content (AvgIpc) is 2.63. The molecule has 0 radical (unpaired) electrons. The number of hydrogen-bond donors (Lipinski definition) is 1. The largest absolute Gasteiger partial charge is 0.465 e. The van der Waals surface area contributed by atoms with Crippen molar-refractivity contribution in [1.82, 2.24) is 9.88 Å². The normalized spacial score (nSPS) is 20.0. The highest BCUT2D eigenvalue weighted by Crippen LogP contribution is 2.28. The van der Waals surface area contributed by atoms with E-state index in [1.807, 2.05) is 0 Å². The second-order valence-corrected chi connectivity index (χ2v) is 7.71. The number of piperidine rings is 2. The summed E-state index contributed by atoms with van der Waals surface area (Å²) in [5.74, 6) is 2.70. The number of anilines is 1. The SMILES string of the molecule is Cc1cccc(N2CCC(CCCC3CCN(C(=O)O)CC3)CC2)n1. The molecule has 1 N–H and O–H groups in total. The van der Waals surface area contributed by atoms with Crippen molar-refractivity contribution in [2.75, 3.05) is 31.1 Å². The van der Waals surface area contributed by atoms with E-state index in [0.29, 0.717) is 0 Å². The highest BCUT2D eigenvalue weighted by molar-refractivity contribution is 5.64. The Balaban J connectivity index is 1.33. The lowest BCUT2D eigenvalue weighted by atomic mass is 9.87. The summed E-state index contributed by atoms with van der Waals surface area (Å²) in [6.45, 7) is 5.75. The lowest BCUT2D eigenvalue weighted by Crippen LogP contribution is -2.37. The minimum atomic E-state index is -0.756. The van der Waals surface area contributed by atoms with Gasteiger partial charge < -0.3 is 14.9 Å². The maximum atomic E-state index is 10.9. The lowest BCUT2D eigenvalue weighted by Gasteiger charge is -2.33. The second-order valence-electron chi connectivity index (χ2n) is 7.71. The predicted octanol–water partition coefficient (Wildman–Crippen LogP) is 4.17. The minimum absolute atomic E-state index is 0.724. The van der Waals surface area contributed by atoms with E-state index in [2.05, 4.69) is 35.0 Å². The van der Waals surface area contributed by atoms with Crippen molar-refractivity contribution in [2.24, 2.45) is 11.8 Å². The van der Waals surface area contributed by atoms with Crippen LogP contribution >= 0.6 is 0 Å². The van der Waals surface area contributed by atoms with E-state index >= 15 is 0 Å². The summed E-state index contributed by atoms with van der Waals surface area (Å²) in [7, 11) is 0. The van der Waals surface area contributed by atoms with Crippen molar-refractivity contribution < 1.29 is 9.90 Å². The van der Waals surface area contributed by atoms with Crippen LogP contribution in [-0.4, -0.2) is 47.3 Å². The summed E-state index contributed by atoms with van der Waals surface area (Å²) >= 11 is 0. The molecule has 25 heavy (non-hydrogen) atoms. The predicted molar refractivity (Wildman–Crippen MR) is 100 cm³/mol. The maximum Gasteiger partial charge on any atom is 0.407 e. The van der Waals surface area contributed by atoms with Gasteiger partial charge in [-0.2, -0.15) is 0 Å². The van der Waals surface area contributed by atoms with Gasteiger partial charge in [-0.25, -0.2) is 9.78 Å². The van der Waals surface area contributed by atoms with Gasteiger partial charge in [0.05, 0.1) is 0 Å². The van der Waals surface area contributed by atoms with Crippen LogP contribution < -0.4 is 4.90 Å². The molecule has 2 aliphatic rings. The molecular weight excluding hydrogens is 314 g/mol. The van der Waals surface area contributed by atoms with Crippen LogP contribution in [0.4, 0.5) is 10.6 Å². The van der Waals surface area contributed by atoms with Gasteiger partial charge in [0.2, 0.25) is 0 Å². The van der Waals surface area contributed by atoms with Gasteiger partial charge in [-0.05, 0) is 56.6 Å². The molecule has 0 spiro atoms. The molecule has 3 heterocycles. The number of likely N-dealkylation sites (tertiary alicyclic amines) is 1. The van der Waals surface area contributed by atoms with Gasteiger partial charge in [0.1, 0.15) is 5.82 Å². The van der Waals surface area contributed by atoms with Crippen molar-refractivity contribution >= 4 is 11.9 Å². The van der Waals surface area contributed by atoms with Crippen LogP contribution in [0.25, 0.3) is 0 Å². The maximum absolute atomic E-state index is 10.9. The molecule has 3 rings (SSSR count). The van der Waals surface area contributed by atoms with Crippen LogP contribution in [0.1, 0.15) is 50.6 Å². The highest BCUT2D eigenvalue weighted by atomic mass is 16.4. The molecule has 1 aromatic heterocycles. The fourth-order valence-corrected chi connectivity index (χ4v) is 4.26. The second kappa shape index (κ2) is 8.54. The Hall–Kier alpha value is -1.78. The van der Waals surface area contributed by atoms with E-state index in [1.165, 1.54) is 32.1 Å². The van der Waals surface area contributed by atoms with Gasteiger partial charge in [0.25, 0.3) is 0 Å². The van der Waals surface area contributed by atoms with E-state index in [9.17, 15) is 4.79 Å². The summed E-state index contributed by atoms with van der Waals surface area (Å²) in [4.78, 5) is 19.6. The monoisotopic (exact) mass is 345 g/mol. The first-order valence-corrected chi connectivity index (χ1v) is 9.78. The van der Waals surface area contributed by atoms with Gasteiger partial charge in [-0.15, -0.1) is 0 Å². The number of carbonyl (C=O) groups is 1. The molecule has 0 bridgehead atoms. The zero-order chi connectivity index (χ0) is 17.6. The van der Waals surface area contributed by atoms with Crippen LogP contribution in [0, 0.1) is 18.8 Å². The zero-order valence-electron chi connectivity index (χ0n) is 15.4. The smallest absolute Gasteiger partial charge is 0.407 e. The molecule has 2 saturated heterocycles. The third kappa shape index (κ3) is 5.10. The summed E-state index contributed by atoms with van der Waals surface area (Å²) < 4.78 is 0. The molecule has 0 saturated carbocycles. The van der Waals surface area contributed by atoms with E-state index in [4.69, 9.17) is 5.11 Å². The molecule has 5 nitrogen and oxygen atoms in total. The van der Waals surface area contributed by atoms with E-state index in [0.717, 1.165) is 62.4 Å². The average molecular weight is 345 g/mol. The molecule has 0 aliphatic carbocycles. The molecule has 0 aromatic carbocycles. The minimum Gasteiger partial charge on any atom is -0.465 e. The zero-order valence-corrected chi connectivity index (χ0v) is 15.4. The highest BCUT2D eigenvalue weighted by Gasteiger charge is 2.23. The van der Waals surface area contributed by atoms with Crippen molar-refractivity contribution in [3.8, 4) is 0 Å². The Morgan fingerprint density at radius 3 is 2.24 bits per heavy atom. The third-order valence-electron chi connectivity index (χ3n) is 5.92. The fraction of sp³-hybridized carbons (Fsp3) is 0.700. The topological polar surface area (TPSA) is 56.7 Å². The Labute approximate surface area is 151 Å². The Morgan fingerprint density at radius 2 is 1.68 bits per heavy atom. The summed E-state index contributed by atoms with van der Waals surface area (Å²) in [6.07, 6.45) is 7.77. The number of aryl methyl sites for hydroxylation is 1. The number of pyridine rings is 1. The molecule has 1 aromatic rings. The number of rotatable bonds is 5. The van der Waals surface area contributed by atoms with Gasteiger partial charge in [-0.3, -0.25) is 0 Å². The quantitative estimate of drug-likeness (QED) is 0.870. The fourth-order valence-electron chi connectivity index (χ4n) is 4.26. The molecule has 1 amide bonds. The Bertz CT molecular complexity index is 562. The number of hydrogen-bond acceptors (Lipinski definition) is 3. The number of amides is 1. The van der Waals surface area contributed by atoms with Crippen LogP contribution in [0.3, 0.4) is 0 Å². The first-order chi connectivity index (χ1) is 12.1. The van der Waals surface area contributed by atoms with Crippen LogP contribution in [-0.2, 0) is 0 Å². The molecule has 2 fully saturated rings. The summed E-state index contributed by atoms with van der Waals surface area (Å²) in [5.41, 5.74) is 1.09. The number of nitrogens with zero attached hydrogens (tertiary/aromatic N) is 3. The first kappa shape index (κ1) is 18.0. The standard InChI is InChI=1S/C20H31N3O2/c1-16-4-2-7-19(21-16)22-12-8-17(9-13-22)5-3-6-18-10-14-23(15-11-18)20(24)25/h2,4,7,17-18H,3,5-6,8-15H2,1H3,(H,24,25). The number of aromatic nitrogens is 1. The molecule has 2 aliphatic heterocycles. The van der Waals surface area contributed by atoms with Crippen molar-refractivity contribution in [2.45, 2.75) is 51.9 Å². The van der Waals surface area contributed by atoms with Gasteiger partial charge in [0.15, 0.2) is 0 Å². The Morgan fingerprint density at radius 1 is 1.08 bits per heavy atom. The number of carboxylic acid groups (broad SMARTS) is 1. The molecule has 5 heteroatoms. The summed E-state index contributed by atoms with van der Waals surface area (Å²) in [5, 5.41) is 9.01. The van der Waals surface area contributed by atoms with Crippen molar-refractivity contribution in [3.63, 3.8) is 0 Å². The van der Waals surface area contributed by atoms with E-state index < -0.39 is 6.09 Å². The van der Waals surface area contributed by atoms with E-state index in [-0.39, 0.29) is 0 Å². The van der Waals surface area contributed by atoms with Crippen LogP contribution in [0.2, 0.25) is 0 Å². The van der Waals surface area contributed by atoms with Gasteiger partial charge >= 0.3 is 6.09 Å². The van der Waals surface area contributed by atoms with Crippen molar-refractivity contribution in [3.05, 3.63) is 23.9 Å². The Kier molecular flexibility index (Phi) is 6.16. The van der Waals surface area contributed by atoms with Gasteiger partial charge in [0, 0.05) is 31.9 Å². The first-order valence-electron chi connectivity index (χ1n) is 9.78. The molecular formula is C20H31N3O2. The van der Waals surface area contributed by atoms with E-state index in [1.54, 1.807) is 4.90 Å². The lowest BCUT2D eigenvalue weighted by molar-refractivity contribution is 0.122. The van der Waals surface area contributed by atoms with Crippen LogP contribution in [0.15, 0.2) is 18.2 Å². The molecule has 0 atom stereocenters. The molecule has 138 valence electrons. The van der Waals surface area contributed by atoms with Crippen molar-refractivity contribution in [1.29, 1.82) is 0 Å².